The number of para-hydroxylation sites is 1. The second-order valence-corrected chi connectivity index (χ2v) is 4.98. The molecule has 0 unspecified atom stereocenters. The van der Waals surface area contributed by atoms with Gasteiger partial charge in [-0.05, 0) is 19.1 Å². The fraction of sp³-hybridized carbons (Fsp3) is 0.250. The van der Waals surface area contributed by atoms with Crippen molar-refractivity contribution in [2.75, 3.05) is 11.4 Å². The quantitative estimate of drug-likeness (QED) is 0.933. The molecular formula is C12H12ClFN2OS. The van der Waals surface area contributed by atoms with Crippen LogP contribution in [0.2, 0.25) is 5.15 Å². The standard InChI is InChI=1S/C12H12ClFN2OS/c1-2-16(9-6-4-3-5-8(9)14)12-15-11(13)10(7-17)18-12/h3-6,17H,2,7H2,1H3. The van der Waals surface area contributed by atoms with Gasteiger partial charge in [0.15, 0.2) is 5.13 Å². The molecule has 0 spiro atoms. The van der Waals surface area contributed by atoms with E-state index >= 15 is 0 Å². The van der Waals surface area contributed by atoms with E-state index in [0.717, 1.165) is 0 Å². The minimum Gasteiger partial charge on any atom is -0.391 e. The molecular weight excluding hydrogens is 275 g/mol. The highest BCUT2D eigenvalue weighted by Crippen LogP contribution is 2.34. The first-order chi connectivity index (χ1) is 8.67. The molecule has 0 aliphatic heterocycles. The Hall–Kier alpha value is -1.17. The number of hydrogen-bond donors (Lipinski definition) is 1. The number of aliphatic hydroxyl groups excluding tert-OH is 1. The summed E-state index contributed by atoms with van der Waals surface area (Å²) in [5.74, 6) is -0.309. The van der Waals surface area contributed by atoms with Gasteiger partial charge in [-0.15, -0.1) is 0 Å². The Bertz CT molecular complexity index is 547. The molecule has 1 N–H and O–H groups in total. The Morgan fingerprint density at radius 1 is 1.44 bits per heavy atom. The Morgan fingerprint density at radius 3 is 2.72 bits per heavy atom. The van der Waals surface area contributed by atoms with Gasteiger partial charge in [-0.2, -0.15) is 0 Å². The molecule has 0 atom stereocenters. The number of aromatic nitrogens is 1. The number of rotatable bonds is 4. The molecule has 0 radical (unpaired) electrons. The predicted molar refractivity (Wildman–Crippen MR) is 72.1 cm³/mol. The van der Waals surface area contributed by atoms with Crippen molar-refractivity contribution in [2.45, 2.75) is 13.5 Å². The Kier molecular flexibility index (Phi) is 4.16. The van der Waals surface area contributed by atoms with Gasteiger partial charge < -0.3 is 10.0 Å². The van der Waals surface area contributed by atoms with E-state index in [0.29, 0.717) is 22.2 Å². The third-order valence-electron chi connectivity index (χ3n) is 2.47. The molecule has 0 amide bonds. The summed E-state index contributed by atoms with van der Waals surface area (Å²) in [5, 5.41) is 9.96. The molecule has 3 nitrogen and oxygen atoms in total. The number of benzene rings is 1. The lowest BCUT2D eigenvalue weighted by Crippen LogP contribution is -2.16. The monoisotopic (exact) mass is 286 g/mol. The first-order valence-corrected chi connectivity index (χ1v) is 6.65. The molecule has 0 saturated carbocycles. The van der Waals surface area contributed by atoms with E-state index in [-0.39, 0.29) is 17.6 Å². The van der Waals surface area contributed by atoms with Crippen LogP contribution in [0.25, 0.3) is 0 Å². The van der Waals surface area contributed by atoms with Crippen LogP contribution in [0.5, 0.6) is 0 Å². The van der Waals surface area contributed by atoms with Crippen molar-refractivity contribution in [1.29, 1.82) is 0 Å². The van der Waals surface area contributed by atoms with Gasteiger partial charge in [0.2, 0.25) is 0 Å². The number of halogens is 2. The normalized spacial score (nSPS) is 10.7. The summed E-state index contributed by atoms with van der Waals surface area (Å²) in [7, 11) is 0. The predicted octanol–water partition coefficient (Wildman–Crippen LogP) is 3.59. The van der Waals surface area contributed by atoms with E-state index in [4.69, 9.17) is 16.7 Å². The number of aliphatic hydroxyl groups is 1. The van der Waals surface area contributed by atoms with Crippen LogP contribution in [0.3, 0.4) is 0 Å². The second-order valence-electron chi connectivity index (χ2n) is 3.56. The maximum Gasteiger partial charge on any atom is 0.191 e. The molecule has 0 saturated heterocycles. The average molecular weight is 287 g/mol. The van der Waals surface area contributed by atoms with Crippen LogP contribution >= 0.6 is 22.9 Å². The van der Waals surface area contributed by atoms with Crippen molar-refractivity contribution in [1.82, 2.24) is 4.98 Å². The van der Waals surface area contributed by atoms with Gasteiger partial charge in [-0.25, -0.2) is 9.37 Å². The number of hydrogen-bond acceptors (Lipinski definition) is 4. The van der Waals surface area contributed by atoms with E-state index < -0.39 is 0 Å². The minimum atomic E-state index is -0.309. The fourth-order valence-corrected chi connectivity index (χ4v) is 2.81. The summed E-state index contributed by atoms with van der Waals surface area (Å²) in [6, 6.07) is 6.50. The zero-order chi connectivity index (χ0) is 13.1. The summed E-state index contributed by atoms with van der Waals surface area (Å²) in [5.41, 5.74) is 0.454. The molecule has 0 fully saturated rings. The van der Waals surface area contributed by atoms with Crippen LogP contribution in [0.4, 0.5) is 15.2 Å². The van der Waals surface area contributed by atoms with Gasteiger partial charge in [0, 0.05) is 6.54 Å². The van der Waals surface area contributed by atoms with Crippen LogP contribution < -0.4 is 4.90 Å². The molecule has 0 bridgehead atoms. The topological polar surface area (TPSA) is 36.4 Å². The Labute approximate surface area is 113 Å². The largest absolute Gasteiger partial charge is 0.391 e. The highest BCUT2D eigenvalue weighted by molar-refractivity contribution is 7.16. The second kappa shape index (κ2) is 5.65. The molecule has 1 aromatic heterocycles. The van der Waals surface area contributed by atoms with Crippen LogP contribution in [-0.4, -0.2) is 16.6 Å². The van der Waals surface area contributed by atoms with E-state index in [1.807, 2.05) is 6.92 Å². The smallest absolute Gasteiger partial charge is 0.191 e. The third-order valence-corrected chi connectivity index (χ3v) is 3.96. The summed E-state index contributed by atoms with van der Waals surface area (Å²) in [4.78, 5) is 6.47. The van der Waals surface area contributed by atoms with Crippen molar-refractivity contribution in [3.05, 3.63) is 40.1 Å². The van der Waals surface area contributed by atoms with Gasteiger partial charge in [0.05, 0.1) is 17.2 Å². The van der Waals surface area contributed by atoms with Crippen LogP contribution in [-0.2, 0) is 6.61 Å². The first kappa shape index (κ1) is 13.3. The maximum absolute atomic E-state index is 13.8. The number of nitrogens with zero attached hydrogens (tertiary/aromatic N) is 2. The van der Waals surface area contributed by atoms with E-state index in [1.165, 1.54) is 17.4 Å². The molecule has 0 aliphatic rings. The highest BCUT2D eigenvalue weighted by Gasteiger charge is 2.17. The number of anilines is 2. The molecule has 0 aliphatic carbocycles. The molecule has 1 aromatic carbocycles. The zero-order valence-electron chi connectivity index (χ0n) is 9.73. The first-order valence-electron chi connectivity index (χ1n) is 5.45. The SMILES string of the molecule is CCN(c1nc(Cl)c(CO)s1)c1ccccc1F. The fourth-order valence-electron chi connectivity index (χ4n) is 1.61. The summed E-state index contributed by atoms with van der Waals surface area (Å²) < 4.78 is 13.8. The lowest BCUT2D eigenvalue weighted by atomic mass is 10.3. The molecule has 2 aromatic rings. The van der Waals surface area contributed by atoms with Gasteiger partial charge in [0.1, 0.15) is 11.0 Å². The summed E-state index contributed by atoms with van der Waals surface area (Å²) >= 11 is 7.15. The van der Waals surface area contributed by atoms with Gasteiger partial charge >= 0.3 is 0 Å². The van der Waals surface area contributed by atoms with Crippen molar-refractivity contribution in [3.63, 3.8) is 0 Å². The lowest BCUT2D eigenvalue weighted by molar-refractivity contribution is 0.285. The van der Waals surface area contributed by atoms with Crippen molar-refractivity contribution in [2.24, 2.45) is 0 Å². The average Bonchev–Trinajstić information content (AvgIpc) is 2.74. The highest BCUT2D eigenvalue weighted by atomic mass is 35.5. The summed E-state index contributed by atoms with van der Waals surface area (Å²) in [6.07, 6.45) is 0. The zero-order valence-corrected chi connectivity index (χ0v) is 11.3. The van der Waals surface area contributed by atoms with E-state index in [2.05, 4.69) is 4.98 Å². The molecule has 2 rings (SSSR count). The molecule has 6 heteroatoms. The van der Waals surface area contributed by atoms with Crippen molar-refractivity contribution >= 4 is 33.8 Å². The summed E-state index contributed by atoms with van der Waals surface area (Å²) in [6.45, 7) is 2.31. The van der Waals surface area contributed by atoms with Crippen LogP contribution in [0.15, 0.2) is 24.3 Å². The maximum atomic E-state index is 13.8. The minimum absolute atomic E-state index is 0.161. The van der Waals surface area contributed by atoms with Crippen LogP contribution in [0.1, 0.15) is 11.8 Å². The Balaban J connectivity index is 2.42. The van der Waals surface area contributed by atoms with Gasteiger partial charge in [-0.1, -0.05) is 35.1 Å². The molecule has 18 heavy (non-hydrogen) atoms. The van der Waals surface area contributed by atoms with Gasteiger partial charge in [-0.3, -0.25) is 0 Å². The van der Waals surface area contributed by atoms with E-state index in [1.54, 1.807) is 23.1 Å². The third kappa shape index (κ3) is 2.48. The van der Waals surface area contributed by atoms with Gasteiger partial charge in [0.25, 0.3) is 0 Å². The Morgan fingerprint density at radius 2 is 2.17 bits per heavy atom. The molecule has 1 heterocycles. The number of thiazole rings is 1. The van der Waals surface area contributed by atoms with Crippen LogP contribution in [0, 0.1) is 5.82 Å². The van der Waals surface area contributed by atoms with Crippen molar-refractivity contribution in [3.8, 4) is 0 Å². The molecule has 96 valence electrons. The van der Waals surface area contributed by atoms with Crippen molar-refractivity contribution < 1.29 is 9.50 Å². The lowest BCUT2D eigenvalue weighted by Gasteiger charge is -2.20. The van der Waals surface area contributed by atoms with E-state index in [9.17, 15) is 4.39 Å².